The van der Waals surface area contributed by atoms with Crippen LogP contribution in [0.25, 0.3) is 0 Å². The van der Waals surface area contributed by atoms with Gasteiger partial charge in [-0.05, 0) is 13.6 Å². The molecular weight excluding hydrogens is 131 g/mol. The summed E-state index contributed by atoms with van der Waals surface area (Å²) in [5, 5.41) is 0. The van der Waals surface area contributed by atoms with Gasteiger partial charge in [0.25, 0.3) is 0 Å². The number of likely N-dealkylation sites (N-methyl/N-ethyl adjacent to an activating group) is 1. The second-order valence-electron chi connectivity index (χ2n) is 2.67. The molecule has 0 aromatic heterocycles. The van der Waals surface area contributed by atoms with Gasteiger partial charge in [0.05, 0.1) is 0 Å². The fraction of sp³-hybridized carbons (Fsp3) is 0.714. The largest absolute Gasteiger partial charge is 0.346 e. The molecule has 1 saturated heterocycles. The molecule has 0 unspecified atom stereocenters. The quantitative estimate of drug-likeness (QED) is 0.499. The number of hydrogen-bond acceptors (Lipinski definition) is 2. The maximum Gasteiger partial charge on any atom is 0.182 e. The average Bonchev–Trinajstić information content (AvgIpc) is 1.88. The van der Waals surface area contributed by atoms with Crippen LogP contribution in [0.2, 0.25) is 0 Å². The third kappa shape index (κ3) is 1.70. The Balaban J connectivity index is 2.33. The van der Waals surface area contributed by atoms with E-state index in [1.807, 2.05) is 7.05 Å². The van der Waals surface area contributed by atoms with Crippen molar-refractivity contribution in [2.75, 3.05) is 33.2 Å². The summed E-state index contributed by atoms with van der Waals surface area (Å²) in [7, 11) is 2.04. The Bertz CT molecular complexity index is 128. The van der Waals surface area contributed by atoms with Crippen LogP contribution >= 0.6 is 0 Å². The van der Waals surface area contributed by atoms with Crippen molar-refractivity contribution in [2.24, 2.45) is 0 Å². The molecule has 1 aliphatic heterocycles. The molecule has 0 spiro atoms. The predicted molar refractivity (Wildman–Crippen MR) is 39.3 cm³/mol. The molecule has 0 amide bonds. The van der Waals surface area contributed by atoms with Crippen LogP contribution in [0.4, 0.5) is 4.39 Å². The van der Waals surface area contributed by atoms with Gasteiger partial charge in [-0.1, -0.05) is 0 Å². The summed E-state index contributed by atoms with van der Waals surface area (Å²) in [6.45, 7) is 6.65. The number of nitrogens with zero attached hydrogens (tertiary/aromatic N) is 2. The van der Waals surface area contributed by atoms with Crippen molar-refractivity contribution in [3.05, 3.63) is 12.5 Å². The number of piperazine rings is 1. The average molecular weight is 144 g/mol. The highest BCUT2D eigenvalue weighted by molar-refractivity contribution is 4.84. The van der Waals surface area contributed by atoms with Crippen LogP contribution in [0, 0.1) is 0 Å². The van der Waals surface area contributed by atoms with Crippen molar-refractivity contribution in [2.45, 2.75) is 0 Å². The first-order chi connectivity index (χ1) is 4.70. The number of hydrogen-bond donors (Lipinski definition) is 0. The summed E-state index contributed by atoms with van der Waals surface area (Å²) >= 11 is 0. The van der Waals surface area contributed by atoms with E-state index in [-0.39, 0.29) is 5.95 Å². The molecule has 0 saturated carbocycles. The van der Waals surface area contributed by atoms with Gasteiger partial charge in [-0.2, -0.15) is 4.39 Å². The first-order valence-electron chi connectivity index (χ1n) is 3.48. The second kappa shape index (κ2) is 3.01. The van der Waals surface area contributed by atoms with Crippen LogP contribution < -0.4 is 0 Å². The lowest BCUT2D eigenvalue weighted by Crippen LogP contribution is -2.42. The van der Waals surface area contributed by atoms with E-state index in [0.717, 1.165) is 26.2 Å². The molecule has 1 aliphatic rings. The van der Waals surface area contributed by atoms with Crippen LogP contribution in [0.5, 0.6) is 0 Å². The van der Waals surface area contributed by atoms with Gasteiger partial charge in [0.15, 0.2) is 5.95 Å². The van der Waals surface area contributed by atoms with E-state index >= 15 is 0 Å². The molecule has 1 rings (SSSR count). The van der Waals surface area contributed by atoms with Crippen LogP contribution in [0.3, 0.4) is 0 Å². The van der Waals surface area contributed by atoms with Crippen LogP contribution in [-0.4, -0.2) is 43.0 Å². The summed E-state index contributed by atoms with van der Waals surface area (Å²) in [6, 6.07) is 0. The highest BCUT2D eigenvalue weighted by Crippen LogP contribution is 2.06. The third-order valence-electron chi connectivity index (χ3n) is 1.85. The van der Waals surface area contributed by atoms with Gasteiger partial charge < -0.3 is 9.80 Å². The fourth-order valence-corrected chi connectivity index (χ4v) is 1.05. The molecule has 0 radical (unpaired) electrons. The standard InChI is InChI=1S/C7H13FN2/c1-7(8)10-5-3-9(2)4-6-10/h1,3-6H2,2H3. The third-order valence-corrected chi connectivity index (χ3v) is 1.85. The summed E-state index contributed by atoms with van der Waals surface area (Å²) in [5.41, 5.74) is 0. The van der Waals surface area contributed by atoms with Gasteiger partial charge in [-0.3, -0.25) is 0 Å². The van der Waals surface area contributed by atoms with Crippen molar-refractivity contribution >= 4 is 0 Å². The molecular formula is C7H13FN2. The Morgan fingerprint density at radius 2 is 1.80 bits per heavy atom. The lowest BCUT2D eigenvalue weighted by Gasteiger charge is -2.32. The minimum absolute atomic E-state index is 0.298. The van der Waals surface area contributed by atoms with E-state index in [9.17, 15) is 4.39 Å². The molecule has 0 aromatic rings. The Hall–Kier alpha value is -0.570. The van der Waals surface area contributed by atoms with Crippen molar-refractivity contribution < 1.29 is 4.39 Å². The summed E-state index contributed by atoms with van der Waals surface area (Å²) in [5.74, 6) is -0.298. The number of halogens is 1. The first-order valence-corrected chi connectivity index (χ1v) is 3.48. The highest BCUT2D eigenvalue weighted by atomic mass is 19.1. The van der Waals surface area contributed by atoms with E-state index in [1.165, 1.54) is 0 Å². The normalized spacial score (nSPS) is 21.2. The lowest BCUT2D eigenvalue weighted by atomic mass is 10.3. The van der Waals surface area contributed by atoms with Crippen LogP contribution in [-0.2, 0) is 0 Å². The van der Waals surface area contributed by atoms with Gasteiger partial charge >= 0.3 is 0 Å². The highest BCUT2D eigenvalue weighted by Gasteiger charge is 2.13. The Morgan fingerprint density at radius 3 is 2.20 bits per heavy atom. The topological polar surface area (TPSA) is 6.48 Å². The fourth-order valence-electron chi connectivity index (χ4n) is 1.05. The van der Waals surface area contributed by atoms with Gasteiger partial charge in [0, 0.05) is 26.2 Å². The first kappa shape index (κ1) is 7.54. The van der Waals surface area contributed by atoms with Gasteiger partial charge in [-0.15, -0.1) is 0 Å². The zero-order valence-electron chi connectivity index (χ0n) is 6.31. The molecule has 0 aromatic carbocycles. The van der Waals surface area contributed by atoms with Crippen molar-refractivity contribution in [1.82, 2.24) is 9.80 Å². The molecule has 1 heterocycles. The molecule has 0 aliphatic carbocycles. The molecule has 0 N–H and O–H groups in total. The van der Waals surface area contributed by atoms with E-state index in [2.05, 4.69) is 11.5 Å². The van der Waals surface area contributed by atoms with E-state index < -0.39 is 0 Å². The van der Waals surface area contributed by atoms with Crippen LogP contribution in [0.15, 0.2) is 12.5 Å². The lowest BCUT2D eigenvalue weighted by molar-refractivity contribution is 0.159. The molecule has 2 nitrogen and oxygen atoms in total. The van der Waals surface area contributed by atoms with E-state index in [0.29, 0.717) is 0 Å². The van der Waals surface area contributed by atoms with E-state index in [1.54, 1.807) is 4.90 Å². The SMILES string of the molecule is C=C(F)N1CCN(C)CC1. The second-order valence-corrected chi connectivity index (χ2v) is 2.67. The maximum absolute atomic E-state index is 12.4. The Kier molecular flexibility index (Phi) is 2.27. The van der Waals surface area contributed by atoms with Crippen molar-refractivity contribution in [1.29, 1.82) is 0 Å². The van der Waals surface area contributed by atoms with E-state index in [4.69, 9.17) is 0 Å². The molecule has 0 atom stereocenters. The van der Waals surface area contributed by atoms with Crippen molar-refractivity contribution in [3.63, 3.8) is 0 Å². The smallest absolute Gasteiger partial charge is 0.182 e. The summed E-state index contributed by atoms with van der Waals surface area (Å²) in [6.07, 6.45) is 0. The van der Waals surface area contributed by atoms with Gasteiger partial charge in [-0.25, -0.2) is 0 Å². The zero-order valence-corrected chi connectivity index (χ0v) is 6.31. The maximum atomic E-state index is 12.4. The van der Waals surface area contributed by atoms with Gasteiger partial charge in [0.2, 0.25) is 0 Å². The van der Waals surface area contributed by atoms with Crippen molar-refractivity contribution in [3.8, 4) is 0 Å². The molecule has 58 valence electrons. The Labute approximate surface area is 60.9 Å². The Morgan fingerprint density at radius 1 is 1.30 bits per heavy atom. The monoisotopic (exact) mass is 144 g/mol. The minimum Gasteiger partial charge on any atom is -0.346 e. The van der Waals surface area contributed by atoms with Gasteiger partial charge in [0.1, 0.15) is 0 Å². The zero-order chi connectivity index (χ0) is 7.56. The predicted octanol–water partition coefficient (Wildman–Crippen LogP) is 0.674. The molecule has 10 heavy (non-hydrogen) atoms. The molecule has 3 heteroatoms. The molecule has 0 bridgehead atoms. The molecule has 1 fully saturated rings. The van der Waals surface area contributed by atoms with Crippen LogP contribution in [0.1, 0.15) is 0 Å². The summed E-state index contributed by atoms with van der Waals surface area (Å²) < 4.78 is 12.4. The minimum atomic E-state index is -0.298. The summed E-state index contributed by atoms with van der Waals surface area (Å²) in [4.78, 5) is 3.85. The number of rotatable bonds is 1.